The molecule has 0 radical (unpaired) electrons. The number of morpholine rings is 1. The van der Waals surface area contributed by atoms with Gasteiger partial charge in [-0.05, 0) is 19.0 Å². The molecule has 3 aliphatic rings. The summed E-state index contributed by atoms with van der Waals surface area (Å²) in [7, 11) is -3.43. The van der Waals surface area contributed by atoms with Crippen molar-refractivity contribution in [3.8, 4) is 0 Å². The third-order valence-corrected chi connectivity index (χ3v) is 7.12. The zero-order valence-electron chi connectivity index (χ0n) is 13.6. The van der Waals surface area contributed by atoms with Gasteiger partial charge in [0.1, 0.15) is 0 Å². The first-order valence-electron chi connectivity index (χ1n) is 8.32. The van der Waals surface area contributed by atoms with Crippen LogP contribution in [0.5, 0.6) is 0 Å². The molecule has 23 heavy (non-hydrogen) atoms. The maximum Gasteiger partial charge on any atom is 0.282 e. The molecule has 3 heterocycles. The molecule has 0 saturated carbocycles. The Bertz CT molecular complexity index is 523. The molecule has 8 nitrogen and oxygen atoms in total. The molecule has 0 aromatic rings. The lowest BCUT2D eigenvalue weighted by atomic mass is 9.88. The molecular formula is C14H26N4O4S. The van der Waals surface area contributed by atoms with Gasteiger partial charge in [0.05, 0.1) is 13.2 Å². The van der Waals surface area contributed by atoms with Crippen LogP contribution in [0.15, 0.2) is 0 Å². The Morgan fingerprint density at radius 2 is 1.61 bits per heavy atom. The van der Waals surface area contributed by atoms with Crippen LogP contribution in [0.25, 0.3) is 0 Å². The summed E-state index contributed by atoms with van der Waals surface area (Å²) in [5.74, 6) is 0.580. The highest BCUT2D eigenvalue weighted by atomic mass is 32.2. The molecule has 1 atom stereocenters. The van der Waals surface area contributed by atoms with Crippen molar-refractivity contribution in [3.63, 3.8) is 0 Å². The van der Waals surface area contributed by atoms with E-state index in [4.69, 9.17) is 4.74 Å². The molecule has 1 N–H and O–H groups in total. The van der Waals surface area contributed by atoms with Gasteiger partial charge in [0.2, 0.25) is 5.91 Å². The van der Waals surface area contributed by atoms with E-state index in [1.807, 2.05) is 11.8 Å². The van der Waals surface area contributed by atoms with Gasteiger partial charge in [-0.3, -0.25) is 4.79 Å². The van der Waals surface area contributed by atoms with Crippen molar-refractivity contribution in [1.29, 1.82) is 0 Å². The normalized spacial score (nSPS) is 26.7. The fourth-order valence-electron chi connectivity index (χ4n) is 3.23. The molecule has 0 aromatic carbocycles. The van der Waals surface area contributed by atoms with Crippen LogP contribution in [-0.2, 0) is 19.7 Å². The van der Waals surface area contributed by atoms with Crippen molar-refractivity contribution >= 4 is 16.1 Å². The van der Waals surface area contributed by atoms with Gasteiger partial charge in [-0.2, -0.15) is 17.0 Å². The van der Waals surface area contributed by atoms with Crippen LogP contribution in [0.1, 0.15) is 6.92 Å². The van der Waals surface area contributed by atoms with Crippen LogP contribution in [0, 0.1) is 11.8 Å². The van der Waals surface area contributed by atoms with Crippen molar-refractivity contribution in [1.82, 2.24) is 18.8 Å². The number of nitrogens with one attached hydrogen (secondary N) is 1. The number of nitrogens with zero attached hydrogens (tertiary/aromatic N) is 3. The average molecular weight is 346 g/mol. The van der Waals surface area contributed by atoms with Crippen LogP contribution < -0.4 is 5.32 Å². The van der Waals surface area contributed by atoms with Crippen molar-refractivity contribution in [2.24, 2.45) is 11.8 Å². The summed E-state index contributed by atoms with van der Waals surface area (Å²) >= 11 is 0. The second-order valence-electron chi connectivity index (χ2n) is 6.45. The standard InChI is InChI=1S/C14H26N4O4S/c1-12(13-10-15-11-13)14(19)16-2-4-17(5-3-16)23(20,21)18-6-8-22-9-7-18/h12-13,15H,2-11H2,1H3. The molecule has 3 aliphatic heterocycles. The molecule has 0 aromatic heterocycles. The molecule has 9 heteroatoms. The van der Waals surface area contributed by atoms with E-state index < -0.39 is 10.2 Å². The summed E-state index contributed by atoms with van der Waals surface area (Å²) < 4.78 is 33.4. The predicted molar refractivity (Wildman–Crippen MR) is 85.0 cm³/mol. The topological polar surface area (TPSA) is 82.2 Å². The smallest absolute Gasteiger partial charge is 0.282 e. The number of piperazine rings is 1. The van der Waals surface area contributed by atoms with Crippen molar-refractivity contribution in [2.45, 2.75) is 6.92 Å². The molecule has 3 rings (SSSR count). The largest absolute Gasteiger partial charge is 0.379 e. The number of amides is 1. The minimum absolute atomic E-state index is 0.0126. The van der Waals surface area contributed by atoms with Gasteiger partial charge in [0.25, 0.3) is 10.2 Å². The van der Waals surface area contributed by atoms with Crippen LogP contribution in [-0.4, -0.2) is 93.4 Å². The van der Waals surface area contributed by atoms with E-state index in [0.717, 1.165) is 13.1 Å². The van der Waals surface area contributed by atoms with Gasteiger partial charge in [-0.15, -0.1) is 0 Å². The molecule has 1 amide bonds. The Labute approximate surface area is 137 Å². The number of hydrogen-bond acceptors (Lipinski definition) is 5. The van der Waals surface area contributed by atoms with E-state index in [2.05, 4.69) is 5.32 Å². The van der Waals surface area contributed by atoms with Crippen LogP contribution >= 0.6 is 0 Å². The van der Waals surface area contributed by atoms with E-state index >= 15 is 0 Å². The van der Waals surface area contributed by atoms with Gasteiger partial charge in [-0.1, -0.05) is 6.92 Å². The van der Waals surface area contributed by atoms with Crippen molar-refractivity contribution < 1.29 is 17.9 Å². The van der Waals surface area contributed by atoms with Crippen LogP contribution in [0.2, 0.25) is 0 Å². The quantitative estimate of drug-likeness (QED) is 0.674. The Balaban J connectivity index is 1.54. The van der Waals surface area contributed by atoms with Gasteiger partial charge in [-0.25, -0.2) is 0 Å². The summed E-state index contributed by atoms with van der Waals surface area (Å²) in [5, 5.41) is 3.19. The lowest BCUT2D eigenvalue weighted by Crippen LogP contribution is -2.57. The summed E-state index contributed by atoms with van der Waals surface area (Å²) in [4.78, 5) is 14.3. The van der Waals surface area contributed by atoms with Crippen molar-refractivity contribution in [3.05, 3.63) is 0 Å². The summed E-state index contributed by atoms with van der Waals surface area (Å²) in [6.07, 6.45) is 0. The Hall–Kier alpha value is -0.740. The second kappa shape index (κ2) is 7.02. The fraction of sp³-hybridized carbons (Fsp3) is 0.929. The predicted octanol–water partition coefficient (Wildman–Crippen LogP) is -1.44. The lowest BCUT2D eigenvalue weighted by molar-refractivity contribution is -0.138. The molecular weight excluding hydrogens is 320 g/mol. The van der Waals surface area contributed by atoms with Gasteiger partial charge < -0.3 is 15.0 Å². The third kappa shape index (κ3) is 3.53. The first-order chi connectivity index (χ1) is 11.0. The molecule has 132 valence electrons. The van der Waals surface area contributed by atoms with E-state index in [0.29, 0.717) is 58.4 Å². The summed E-state index contributed by atoms with van der Waals surface area (Å²) in [5.41, 5.74) is 0. The molecule has 3 saturated heterocycles. The maximum absolute atomic E-state index is 12.6. The Morgan fingerprint density at radius 1 is 1.04 bits per heavy atom. The van der Waals surface area contributed by atoms with Gasteiger partial charge in [0.15, 0.2) is 0 Å². The Kier molecular flexibility index (Phi) is 5.22. The second-order valence-corrected chi connectivity index (χ2v) is 8.38. The molecule has 0 spiro atoms. The molecule has 1 unspecified atom stereocenters. The monoisotopic (exact) mass is 346 g/mol. The minimum atomic E-state index is -3.43. The highest BCUT2D eigenvalue weighted by Crippen LogP contribution is 2.20. The molecule has 0 aliphatic carbocycles. The highest BCUT2D eigenvalue weighted by Gasteiger charge is 2.37. The van der Waals surface area contributed by atoms with E-state index in [9.17, 15) is 13.2 Å². The zero-order chi connectivity index (χ0) is 16.4. The lowest BCUT2D eigenvalue weighted by Gasteiger charge is -2.40. The van der Waals surface area contributed by atoms with Gasteiger partial charge >= 0.3 is 0 Å². The average Bonchev–Trinajstić information content (AvgIpc) is 2.53. The first kappa shape index (κ1) is 17.1. The fourth-order valence-corrected chi connectivity index (χ4v) is 4.80. The summed E-state index contributed by atoms with van der Waals surface area (Å²) in [6, 6.07) is 0. The van der Waals surface area contributed by atoms with Crippen LogP contribution in [0.4, 0.5) is 0 Å². The SMILES string of the molecule is CC(C(=O)N1CCN(S(=O)(=O)N2CCOCC2)CC1)C1CNC1. The van der Waals surface area contributed by atoms with E-state index in [1.165, 1.54) is 8.61 Å². The minimum Gasteiger partial charge on any atom is -0.379 e. The summed E-state index contributed by atoms with van der Waals surface area (Å²) in [6.45, 7) is 7.21. The maximum atomic E-state index is 12.6. The van der Waals surface area contributed by atoms with Crippen molar-refractivity contribution in [2.75, 3.05) is 65.6 Å². The van der Waals surface area contributed by atoms with Gasteiger partial charge in [0, 0.05) is 45.2 Å². The number of hydrogen-bond donors (Lipinski definition) is 1. The van der Waals surface area contributed by atoms with E-state index in [-0.39, 0.29) is 11.8 Å². The van der Waals surface area contributed by atoms with E-state index in [1.54, 1.807) is 0 Å². The zero-order valence-corrected chi connectivity index (χ0v) is 14.4. The van der Waals surface area contributed by atoms with Crippen LogP contribution in [0.3, 0.4) is 0 Å². The molecule has 3 fully saturated rings. The number of rotatable bonds is 4. The Morgan fingerprint density at radius 3 is 2.13 bits per heavy atom. The number of carbonyl (C=O) groups excluding carboxylic acids is 1. The first-order valence-corrected chi connectivity index (χ1v) is 9.72. The number of carbonyl (C=O) groups is 1. The third-order valence-electron chi connectivity index (χ3n) is 5.08. The molecule has 0 bridgehead atoms. The highest BCUT2D eigenvalue weighted by molar-refractivity contribution is 7.86. The number of ether oxygens (including phenoxy) is 1.